The lowest BCUT2D eigenvalue weighted by atomic mass is 10.0. The lowest BCUT2D eigenvalue weighted by molar-refractivity contribution is -0.121. The van der Waals surface area contributed by atoms with Crippen molar-refractivity contribution in [1.82, 2.24) is 15.8 Å². The minimum atomic E-state index is -0.478. The molecule has 3 N–H and O–H groups in total. The Morgan fingerprint density at radius 2 is 1.53 bits per heavy atom. The standard InChI is InChI=1S/C24H17N3O3/c28-22(12-15-13-25-21-8-4-3-5-16(15)21)26-27-24(30)14-9-10-18-17-6-1-2-7-19(17)23(29)20(18)11-14/h1-11,13,25H,12H2,(H,26,28)(H,27,30). The molecule has 1 aromatic heterocycles. The van der Waals surface area contributed by atoms with Crippen LogP contribution in [0.3, 0.4) is 0 Å². The van der Waals surface area contributed by atoms with Gasteiger partial charge >= 0.3 is 0 Å². The average Bonchev–Trinajstić information content (AvgIpc) is 3.31. The number of carbonyl (C=O) groups excluding carboxylic acids is 3. The maximum absolute atomic E-state index is 12.6. The Labute approximate surface area is 171 Å². The molecule has 0 spiro atoms. The second-order valence-electron chi connectivity index (χ2n) is 7.17. The van der Waals surface area contributed by atoms with Gasteiger partial charge in [0.15, 0.2) is 5.78 Å². The van der Waals surface area contributed by atoms with E-state index < -0.39 is 5.91 Å². The largest absolute Gasteiger partial charge is 0.361 e. The van der Waals surface area contributed by atoms with Crippen LogP contribution >= 0.6 is 0 Å². The summed E-state index contributed by atoms with van der Waals surface area (Å²) in [5.41, 5.74) is 9.79. The fourth-order valence-electron chi connectivity index (χ4n) is 3.86. The van der Waals surface area contributed by atoms with Gasteiger partial charge in [0.05, 0.1) is 6.42 Å². The number of hydrogen-bond acceptors (Lipinski definition) is 3. The van der Waals surface area contributed by atoms with Gasteiger partial charge in [0.25, 0.3) is 5.91 Å². The first-order valence-electron chi connectivity index (χ1n) is 9.54. The fraction of sp³-hybridized carbons (Fsp3) is 0.0417. The molecule has 6 heteroatoms. The van der Waals surface area contributed by atoms with Crippen molar-refractivity contribution in [2.75, 3.05) is 0 Å². The fourth-order valence-corrected chi connectivity index (χ4v) is 3.86. The van der Waals surface area contributed by atoms with Crippen LogP contribution in [0.2, 0.25) is 0 Å². The number of benzene rings is 3. The highest BCUT2D eigenvalue weighted by Crippen LogP contribution is 2.36. The Morgan fingerprint density at radius 3 is 2.40 bits per heavy atom. The summed E-state index contributed by atoms with van der Waals surface area (Å²) in [7, 11) is 0. The lowest BCUT2D eigenvalue weighted by Gasteiger charge is -2.08. The number of ketones is 1. The summed E-state index contributed by atoms with van der Waals surface area (Å²) in [6.45, 7) is 0. The molecule has 6 nitrogen and oxygen atoms in total. The smallest absolute Gasteiger partial charge is 0.269 e. The molecule has 3 aromatic carbocycles. The van der Waals surface area contributed by atoms with Crippen molar-refractivity contribution >= 4 is 28.5 Å². The summed E-state index contributed by atoms with van der Waals surface area (Å²) in [6.07, 6.45) is 1.91. The van der Waals surface area contributed by atoms with Gasteiger partial charge in [-0.15, -0.1) is 0 Å². The molecular weight excluding hydrogens is 378 g/mol. The Balaban J connectivity index is 1.27. The Morgan fingerprint density at radius 1 is 0.800 bits per heavy atom. The topological polar surface area (TPSA) is 91.1 Å². The summed E-state index contributed by atoms with van der Waals surface area (Å²) < 4.78 is 0. The first-order valence-corrected chi connectivity index (χ1v) is 9.54. The van der Waals surface area contributed by atoms with E-state index in [9.17, 15) is 14.4 Å². The predicted octanol–water partition coefficient (Wildman–Crippen LogP) is 3.38. The number of fused-ring (bicyclic) bond motifs is 4. The number of aromatic nitrogens is 1. The Hall–Kier alpha value is -4.19. The van der Waals surface area contributed by atoms with Crippen molar-refractivity contribution in [3.8, 4) is 11.1 Å². The maximum atomic E-state index is 12.6. The molecular formula is C24H17N3O3. The molecule has 0 saturated carbocycles. The van der Waals surface area contributed by atoms with Crippen LogP contribution in [0, 0.1) is 0 Å². The zero-order chi connectivity index (χ0) is 20.7. The van der Waals surface area contributed by atoms with E-state index in [1.807, 2.05) is 42.5 Å². The van der Waals surface area contributed by atoms with E-state index in [1.54, 1.807) is 30.5 Å². The van der Waals surface area contributed by atoms with Crippen LogP contribution < -0.4 is 10.9 Å². The molecule has 0 fully saturated rings. The van der Waals surface area contributed by atoms with Crippen LogP contribution in [0.1, 0.15) is 31.8 Å². The van der Waals surface area contributed by atoms with E-state index in [0.29, 0.717) is 16.7 Å². The van der Waals surface area contributed by atoms with Crippen molar-refractivity contribution in [2.45, 2.75) is 6.42 Å². The third-order valence-corrected chi connectivity index (χ3v) is 5.33. The minimum Gasteiger partial charge on any atom is -0.361 e. The van der Waals surface area contributed by atoms with Gasteiger partial charge in [-0.3, -0.25) is 25.2 Å². The normalized spacial score (nSPS) is 11.8. The molecule has 0 saturated heterocycles. The second kappa shape index (κ2) is 7.00. The summed E-state index contributed by atoms with van der Waals surface area (Å²) in [5, 5.41) is 0.968. The number of aromatic amines is 1. The van der Waals surface area contributed by atoms with E-state index in [1.165, 1.54) is 0 Å². The number of amides is 2. The molecule has 0 unspecified atom stereocenters. The van der Waals surface area contributed by atoms with E-state index in [4.69, 9.17) is 0 Å². The highest BCUT2D eigenvalue weighted by Gasteiger charge is 2.27. The highest BCUT2D eigenvalue weighted by atomic mass is 16.2. The van der Waals surface area contributed by atoms with Gasteiger partial charge in [0, 0.05) is 33.8 Å². The van der Waals surface area contributed by atoms with Gasteiger partial charge in [0.2, 0.25) is 5.91 Å². The van der Waals surface area contributed by atoms with Gasteiger partial charge < -0.3 is 4.98 Å². The third-order valence-electron chi connectivity index (χ3n) is 5.33. The quantitative estimate of drug-likeness (QED) is 0.409. The second-order valence-corrected chi connectivity index (χ2v) is 7.17. The molecule has 146 valence electrons. The number of hydrogen-bond donors (Lipinski definition) is 3. The van der Waals surface area contributed by atoms with E-state index >= 15 is 0 Å². The molecule has 1 heterocycles. The Kier molecular flexibility index (Phi) is 4.17. The van der Waals surface area contributed by atoms with Crippen molar-refractivity contribution < 1.29 is 14.4 Å². The van der Waals surface area contributed by atoms with Crippen molar-refractivity contribution in [2.24, 2.45) is 0 Å². The van der Waals surface area contributed by atoms with Gasteiger partial charge in [-0.05, 0) is 34.9 Å². The molecule has 0 aliphatic heterocycles. The number of carbonyl (C=O) groups is 3. The molecule has 5 rings (SSSR count). The number of nitrogens with one attached hydrogen (secondary N) is 3. The van der Waals surface area contributed by atoms with E-state index in [0.717, 1.165) is 27.6 Å². The molecule has 2 amide bonds. The summed E-state index contributed by atoms with van der Waals surface area (Å²) >= 11 is 0. The molecule has 4 aromatic rings. The predicted molar refractivity (Wildman–Crippen MR) is 113 cm³/mol. The number of H-pyrrole nitrogens is 1. The number of rotatable bonds is 3. The maximum Gasteiger partial charge on any atom is 0.269 e. The van der Waals surface area contributed by atoms with E-state index in [2.05, 4.69) is 15.8 Å². The van der Waals surface area contributed by atoms with Crippen LogP contribution in [0.15, 0.2) is 72.9 Å². The van der Waals surface area contributed by atoms with Gasteiger partial charge in [-0.1, -0.05) is 48.5 Å². The lowest BCUT2D eigenvalue weighted by Crippen LogP contribution is -2.42. The zero-order valence-corrected chi connectivity index (χ0v) is 15.9. The minimum absolute atomic E-state index is 0.0985. The molecule has 1 aliphatic carbocycles. The highest BCUT2D eigenvalue weighted by molar-refractivity contribution is 6.22. The SMILES string of the molecule is O=C(Cc1c[nH]c2ccccc12)NNC(=O)c1ccc2c(c1)C(=O)c1ccccc1-2. The van der Waals surface area contributed by atoms with E-state index in [-0.39, 0.29) is 18.1 Å². The van der Waals surface area contributed by atoms with Gasteiger partial charge in [-0.2, -0.15) is 0 Å². The average molecular weight is 395 g/mol. The third kappa shape index (κ3) is 2.95. The van der Waals surface area contributed by atoms with Crippen LogP contribution in [-0.4, -0.2) is 22.6 Å². The van der Waals surface area contributed by atoms with Crippen molar-refractivity contribution in [3.63, 3.8) is 0 Å². The monoisotopic (exact) mass is 395 g/mol. The first-order chi connectivity index (χ1) is 14.6. The van der Waals surface area contributed by atoms with Crippen LogP contribution in [0.5, 0.6) is 0 Å². The van der Waals surface area contributed by atoms with Crippen LogP contribution in [0.4, 0.5) is 0 Å². The summed E-state index contributed by atoms with van der Waals surface area (Å²) in [6, 6.07) is 20.1. The number of para-hydroxylation sites is 1. The van der Waals surface area contributed by atoms with Gasteiger partial charge in [0.1, 0.15) is 0 Å². The van der Waals surface area contributed by atoms with Gasteiger partial charge in [-0.25, -0.2) is 0 Å². The van der Waals surface area contributed by atoms with Crippen LogP contribution in [-0.2, 0) is 11.2 Å². The van der Waals surface area contributed by atoms with Crippen molar-refractivity contribution in [3.05, 3.63) is 95.2 Å². The molecule has 0 atom stereocenters. The molecule has 0 bridgehead atoms. The molecule has 1 aliphatic rings. The first kappa shape index (κ1) is 17.9. The molecule has 0 radical (unpaired) electrons. The summed E-state index contributed by atoms with van der Waals surface area (Å²) in [4.78, 5) is 40.5. The van der Waals surface area contributed by atoms with Crippen LogP contribution in [0.25, 0.3) is 22.0 Å². The van der Waals surface area contributed by atoms with Crippen molar-refractivity contribution in [1.29, 1.82) is 0 Å². The summed E-state index contributed by atoms with van der Waals surface area (Å²) in [5.74, 6) is -0.912. The zero-order valence-electron chi connectivity index (χ0n) is 15.9. The number of hydrazine groups is 1. The Bertz CT molecular complexity index is 1340. The molecule has 30 heavy (non-hydrogen) atoms.